The highest BCUT2D eigenvalue weighted by atomic mass is 32.2. The van der Waals surface area contributed by atoms with Gasteiger partial charge in [-0.25, -0.2) is 4.79 Å². The first kappa shape index (κ1) is 13.6. The van der Waals surface area contributed by atoms with Crippen LogP contribution in [-0.2, 0) is 9.47 Å². The van der Waals surface area contributed by atoms with Crippen LogP contribution < -0.4 is 0 Å². The van der Waals surface area contributed by atoms with E-state index in [-0.39, 0.29) is 11.0 Å². The second-order valence-electron chi connectivity index (χ2n) is 6.89. The number of amides is 1. The molecular weight excluding hydrogens is 262 g/mol. The summed E-state index contributed by atoms with van der Waals surface area (Å²) in [4.78, 5) is 14.0. The van der Waals surface area contributed by atoms with Crippen LogP contribution in [0.1, 0.15) is 40.0 Å². The zero-order valence-corrected chi connectivity index (χ0v) is 13.0. The molecule has 4 nitrogen and oxygen atoms in total. The third-order valence-electron chi connectivity index (χ3n) is 4.62. The number of methoxy groups -OCH3 is 1. The minimum absolute atomic E-state index is 0.0333. The average molecular weight is 285 g/mol. The topological polar surface area (TPSA) is 38.8 Å². The first-order valence-electron chi connectivity index (χ1n) is 7.03. The largest absolute Gasteiger partial charge is 0.444 e. The van der Waals surface area contributed by atoms with Crippen molar-refractivity contribution in [3.05, 3.63) is 0 Å². The Hall–Kier alpha value is -0.420. The van der Waals surface area contributed by atoms with Crippen molar-refractivity contribution in [2.24, 2.45) is 5.41 Å². The highest BCUT2D eigenvalue weighted by Crippen LogP contribution is 2.79. The van der Waals surface area contributed by atoms with Gasteiger partial charge in [0.05, 0.1) is 0 Å². The van der Waals surface area contributed by atoms with E-state index in [1.807, 2.05) is 44.5 Å². The van der Waals surface area contributed by atoms with Crippen molar-refractivity contribution < 1.29 is 14.3 Å². The lowest BCUT2D eigenvalue weighted by molar-refractivity contribution is -0.00681. The van der Waals surface area contributed by atoms with Crippen molar-refractivity contribution >= 4 is 17.9 Å². The molecule has 2 unspecified atom stereocenters. The Morgan fingerprint density at radius 2 is 2.00 bits per heavy atom. The molecule has 19 heavy (non-hydrogen) atoms. The standard InChI is InChI=1S/C14H23NO3S/c1-12(2,3)18-11(16)15-7-5-13-9-10(13)19-14(13,17-4)6-8-15/h10H,5-9H2,1-4H3/t10?,13?,14-/m0/s1. The van der Waals surface area contributed by atoms with E-state index in [0.717, 1.165) is 31.2 Å². The minimum atomic E-state index is -0.420. The van der Waals surface area contributed by atoms with Crippen molar-refractivity contribution in [3.63, 3.8) is 0 Å². The summed E-state index contributed by atoms with van der Waals surface area (Å²) in [6.07, 6.45) is 3.05. The summed E-state index contributed by atoms with van der Waals surface area (Å²) in [5.41, 5.74) is -0.0698. The predicted molar refractivity (Wildman–Crippen MR) is 75.2 cm³/mol. The van der Waals surface area contributed by atoms with Gasteiger partial charge in [0.1, 0.15) is 10.5 Å². The van der Waals surface area contributed by atoms with Gasteiger partial charge in [-0.3, -0.25) is 0 Å². The van der Waals surface area contributed by atoms with Gasteiger partial charge in [0.2, 0.25) is 0 Å². The number of carbonyl (C=O) groups is 1. The van der Waals surface area contributed by atoms with Crippen molar-refractivity contribution in [2.45, 2.75) is 55.8 Å². The number of hydrogen-bond acceptors (Lipinski definition) is 4. The molecule has 3 atom stereocenters. The van der Waals surface area contributed by atoms with E-state index in [9.17, 15) is 4.79 Å². The Labute approximate surface area is 119 Å². The van der Waals surface area contributed by atoms with Gasteiger partial charge in [-0.05, 0) is 33.6 Å². The number of thioether (sulfide) groups is 1. The number of nitrogens with zero attached hydrogens (tertiary/aromatic N) is 1. The molecule has 3 aliphatic rings. The maximum atomic E-state index is 12.2. The molecule has 0 bridgehead atoms. The molecule has 2 aliphatic heterocycles. The van der Waals surface area contributed by atoms with E-state index in [4.69, 9.17) is 9.47 Å². The molecular formula is C14H23NO3S. The van der Waals surface area contributed by atoms with Gasteiger partial charge >= 0.3 is 6.09 Å². The maximum absolute atomic E-state index is 12.2. The van der Waals surface area contributed by atoms with Gasteiger partial charge in [0, 0.05) is 37.3 Å². The molecule has 3 fully saturated rings. The molecule has 0 radical (unpaired) electrons. The highest BCUT2D eigenvalue weighted by Gasteiger charge is 2.77. The molecule has 1 saturated carbocycles. The number of hydrogen-bond donors (Lipinski definition) is 0. The molecule has 0 N–H and O–H groups in total. The third-order valence-corrected chi connectivity index (χ3v) is 6.68. The zero-order chi connectivity index (χ0) is 13.9. The Morgan fingerprint density at radius 1 is 1.32 bits per heavy atom. The fourth-order valence-electron chi connectivity index (χ4n) is 3.47. The van der Waals surface area contributed by atoms with Gasteiger partial charge in [-0.2, -0.15) is 0 Å². The summed E-state index contributed by atoms with van der Waals surface area (Å²) in [6, 6.07) is 0. The van der Waals surface area contributed by atoms with E-state index in [1.165, 1.54) is 6.42 Å². The van der Waals surface area contributed by atoms with Gasteiger partial charge < -0.3 is 14.4 Å². The second-order valence-corrected chi connectivity index (χ2v) is 8.36. The predicted octanol–water partition coefficient (Wildman–Crippen LogP) is 2.87. The number of carbonyl (C=O) groups excluding carboxylic acids is 1. The van der Waals surface area contributed by atoms with Crippen LogP contribution in [0.4, 0.5) is 4.79 Å². The van der Waals surface area contributed by atoms with E-state index in [0.29, 0.717) is 5.41 Å². The van der Waals surface area contributed by atoms with Gasteiger partial charge in [-0.15, -0.1) is 11.8 Å². The normalized spacial score (nSPS) is 40.6. The zero-order valence-electron chi connectivity index (χ0n) is 12.2. The van der Waals surface area contributed by atoms with Crippen LogP contribution in [0, 0.1) is 5.41 Å². The third kappa shape index (κ3) is 1.97. The first-order valence-corrected chi connectivity index (χ1v) is 7.91. The molecule has 3 rings (SSSR count). The minimum Gasteiger partial charge on any atom is -0.444 e. The van der Waals surface area contributed by atoms with E-state index >= 15 is 0 Å². The molecule has 1 aliphatic carbocycles. The SMILES string of the molecule is CO[C@]12CCN(C(=O)OC(C)(C)C)CCC13CC3S2. The van der Waals surface area contributed by atoms with Gasteiger partial charge in [0.15, 0.2) is 0 Å². The van der Waals surface area contributed by atoms with E-state index < -0.39 is 5.60 Å². The van der Waals surface area contributed by atoms with Crippen LogP contribution in [0.3, 0.4) is 0 Å². The van der Waals surface area contributed by atoms with Crippen LogP contribution in [0.5, 0.6) is 0 Å². The molecule has 0 aromatic heterocycles. The monoisotopic (exact) mass is 285 g/mol. The lowest BCUT2D eigenvalue weighted by Gasteiger charge is -2.46. The number of rotatable bonds is 1. The smallest absolute Gasteiger partial charge is 0.410 e. The lowest BCUT2D eigenvalue weighted by atomic mass is 9.92. The Kier molecular flexibility index (Phi) is 2.88. The highest BCUT2D eigenvalue weighted by molar-refractivity contribution is 8.03. The number of ether oxygens (including phenoxy) is 2. The molecule has 108 valence electrons. The number of likely N-dealkylation sites (tertiary alicyclic amines) is 1. The molecule has 2 saturated heterocycles. The molecule has 0 aromatic carbocycles. The first-order chi connectivity index (χ1) is 8.82. The molecule has 5 heteroatoms. The van der Waals surface area contributed by atoms with Crippen molar-refractivity contribution in [3.8, 4) is 0 Å². The van der Waals surface area contributed by atoms with Gasteiger partial charge in [0.25, 0.3) is 0 Å². The average Bonchev–Trinajstić information content (AvgIpc) is 2.93. The van der Waals surface area contributed by atoms with Crippen molar-refractivity contribution in [1.29, 1.82) is 0 Å². The van der Waals surface area contributed by atoms with Gasteiger partial charge in [-0.1, -0.05) is 0 Å². The molecule has 1 amide bonds. The summed E-state index contributed by atoms with van der Waals surface area (Å²) >= 11 is 1.96. The summed E-state index contributed by atoms with van der Waals surface area (Å²) in [7, 11) is 1.81. The maximum Gasteiger partial charge on any atom is 0.410 e. The summed E-state index contributed by atoms with van der Waals surface area (Å²) in [5, 5.41) is 0.769. The summed E-state index contributed by atoms with van der Waals surface area (Å²) in [5.74, 6) is 0. The van der Waals surface area contributed by atoms with Crippen LogP contribution in [0.2, 0.25) is 0 Å². The van der Waals surface area contributed by atoms with Crippen molar-refractivity contribution in [1.82, 2.24) is 4.90 Å². The fourth-order valence-corrected chi connectivity index (χ4v) is 5.52. The summed E-state index contributed by atoms with van der Waals surface area (Å²) < 4.78 is 11.3. The van der Waals surface area contributed by atoms with Crippen LogP contribution in [-0.4, -0.2) is 47.0 Å². The molecule has 0 aromatic rings. The lowest BCUT2D eigenvalue weighted by Crippen LogP contribution is -2.47. The van der Waals surface area contributed by atoms with E-state index in [2.05, 4.69) is 0 Å². The Morgan fingerprint density at radius 3 is 2.53 bits per heavy atom. The van der Waals surface area contributed by atoms with Crippen LogP contribution in [0.15, 0.2) is 0 Å². The van der Waals surface area contributed by atoms with Crippen molar-refractivity contribution in [2.75, 3.05) is 20.2 Å². The van der Waals surface area contributed by atoms with E-state index in [1.54, 1.807) is 0 Å². The second kappa shape index (κ2) is 4.04. The molecule has 2 heterocycles. The quantitative estimate of drug-likeness (QED) is 0.742. The Bertz CT molecular complexity index is 408. The molecule has 1 spiro atoms. The summed E-state index contributed by atoms with van der Waals surface area (Å²) in [6.45, 7) is 7.28. The van der Waals surface area contributed by atoms with Crippen LogP contribution in [0.25, 0.3) is 0 Å². The Balaban J connectivity index is 1.67. The fraction of sp³-hybridized carbons (Fsp3) is 0.929. The van der Waals surface area contributed by atoms with Crippen LogP contribution >= 0.6 is 11.8 Å².